The molecule has 1 aliphatic heterocycles. The van der Waals surface area contributed by atoms with E-state index in [0.717, 1.165) is 14.2 Å². The van der Waals surface area contributed by atoms with Crippen molar-refractivity contribution in [2.45, 2.75) is 24.6 Å². The van der Waals surface area contributed by atoms with E-state index < -0.39 is 32.4 Å². The van der Waals surface area contributed by atoms with E-state index in [9.17, 15) is 9.67 Å². The molecule has 3 N–H and O–H groups in total. The highest BCUT2D eigenvalue weighted by Gasteiger charge is 2.43. The molecule has 0 radical (unpaired) electrons. The topological polar surface area (TPSA) is 115 Å². The molecule has 1 heterocycles. The van der Waals surface area contributed by atoms with Gasteiger partial charge in [0.15, 0.2) is 6.29 Å². The third-order valence-electron chi connectivity index (χ3n) is 2.18. The van der Waals surface area contributed by atoms with Crippen molar-refractivity contribution < 1.29 is 38.2 Å². The predicted octanol–water partition coefficient (Wildman–Crippen LogP) is -1.16. The number of hydrogen-bond donors (Lipinski definition) is 3. The zero-order valence-electron chi connectivity index (χ0n) is 8.85. The fourth-order valence-corrected chi connectivity index (χ4v) is 1.90. The van der Waals surface area contributed by atoms with Crippen LogP contribution in [0.2, 0.25) is 0 Å². The highest BCUT2D eigenvalue weighted by Crippen LogP contribution is 2.47. The zero-order valence-corrected chi connectivity index (χ0v) is 9.74. The molecule has 1 aliphatic rings. The lowest BCUT2D eigenvalue weighted by Gasteiger charge is -2.17. The zero-order chi connectivity index (χ0) is 12.3. The van der Waals surface area contributed by atoms with E-state index in [4.69, 9.17) is 19.5 Å². The second-order valence-corrected chi connectivity index (χ2v) is 5.04. The fraction of sp³-hybridized carbons (Fsp3) is 1.00. The maximum Gasteiger partial charge on any atom is 0.474 e. The predicted molar refractivity (Wildman–Crippen MR) is 50.5 cm³/mol. The fourth-order valence-electron chi connectivity index (χ4n) is 1.21. The Morgan fingerprint density at radius 2 is 1.75 bits per heavy atom. The van der Waals surface area contributed by atoms with E-state index in [1.54, 1.807) is 0 Å². The average Bonchev–Trinajstić information content (AvgIpc) is 2.54. The summed E-state index contributed by atoms with van der Waals surface area (Å²) < 4.78 is 30.0. The molecular weight excluding hydrogens is 243 g/mol. The van der Waals surface area contributed by atoms with Crippen molar-refractivity contribution in [1.82, 2.24) is 0 Å². The number of hydrogen-bond acceptors (Lipinski definition) is 8. The second-order valence-electron chi connectivity index (χ2n) is 3.15. The van der Waals surface area contributed by atoms with E-state index in [2.05, 4.69) is 9.05 Å². The molecule has 4 atom stereocenters. The number of phosphoric ester groups is 1. The van der Waals surface area contributed by atoms with Gasteiger partial charge in [0.05, 0.1) is 6.61 Å². The first kappa shape index (κ1) is 14.0. The van der Waals surface area contributed by atoms with Crippen LogP contribution in [-0.2, 0) is 22.9 Å². The van der Waals surface area contributed by atoms with Crippen LogP contribution in [0.5, 0.6) is 0 Å². The smallest absolute Gasteiger partial charge is 0.387 e. The molecule has 0 aliphatic carbocycles. The molecular formula is C7H15O8P. The van der Waals surface area contributed by atoms with Crippen LogP contribution in [0.3, 0.4) is 0 Å². The summed E-state index contributed by atoms with van der Waals surface area (Å²) in [5.41, 5.74) is 0. The summed E-state index contributed by atoms with van der Waals surface area (Å²) in [6.45, 7) is -0.339. The molecule has 0 spiro atoms. The van der Waals surface area contributed by atoms with E-state index in [0.29, 0.717) is 0 Å². The minimum Gasteiger partial charge on any atom is -0.387 e. The van der Waals surface area contributed by atoms with Crippen LogP contribution in [0.4, 0.5) is 0 Å². The molecule has 0 amide bonds. The van der Waals surface area contributed by atoms with Gasteiger partial charge in [0.1, 0.15) is 18.3 Å². The van der Waals surface area contributed by atoms with Crippen LogP contribution in [-0.4, -0.2) is 60.7 Å². The van der Waals surface area contributed by atoms with Crippen LogP contribution in [0, 0.1) is 0 Å². The molecule has 96 valence electrons. The van der Waals surface area contributed by atoms with Crippen molar-refractivity contribution in [3.8, 4) is 0 Å². The average molecular weight is 258 g/mol. The standard InChI is InChI=1S/C7H15O8P/c1-12-16(11,13-2)14-3-4-5(8)6(9)7(10)15-4/h4-10H,3H2,1-2H3/t4?,5-,6-,7?/m1/s1. The number of ether oxygens (including phenoxy) is 1. The molecule has 16 heavy (non-hydrogen) atoms. The minimum atomic E-state index is -3.65. The van der Waals surface area contributed by atoms with Crippen molar-refractivity contribution in [2.75, 3.05) is 20.8 Å². The summed E-state index contributed by atoms with van der Waals surface area (Å²) in [6.07, 6.45) is -5.23. The van der Waals surface area contributed by atoms with Gasteiger partial charge < -0.3 is 20.1 Å². The summed E-state index contributed by atoms with van der Waals surface area (Å²) in [5.74, 6) is 0. The van der Waals surface area contributed by atoms with Crippen molar-refractivity contribution in [1.29, 1.82) is 0 Å². The van der Waals surface area contributed by atoms with Crippen molar-refractivity contribution >= 4 is 7.82 Å². The van der Waals surface area contributed by atoms with Crippen LogP contribution in [0.15, 0.2) is 0 Å². The van der Waals surface area contributed by atoms with Gasteiger partial charge in [-0.1, -0.05) is 0 Å². The molecule has 9 heteroatoms. The lowest BCUT2D eigenvalue weighted by molar-refractivity contribution is -0.132. The first-order valence-electron chi connectivity index (χ1n) is 4.49. The number of phosphoric acid groups is 1. The second kappa shape index (κ2) is 5.52. The van der Waals surface area contributed by atoms with Crippen LogP contribution < -0.4 is 0 Å². The Bertz CT molecular complexity index is 263. The number of aliphatic hydroxyl groups excluding tert-OH is 3. The Labute approximate surface area is 92.3 Å². The quantitative estimate of drug-likeness (QED) is 0.529. The Kier molecular flexibility index (Phi) is 4.84. The molecule has 1 fully saturated rings. The monoisotopic (exact) mass is 258 g/mol. The summed E-state index contributed by atoms with van der Waals surface area (Å²) in [4.78, 5) is 0. The highest BCUT2D eigenvalue weighted by atomic mass is 31.2. The van der Waals surface area contributed by atoms with E-state index in [1.165, 1.54) is 0 Å². The van der Waals surface area contributed by atoms with Crippen LogP contribution in [0.25, 0.3) is 0 Å². The molecule has 2 unspecified atom stereocenters. The third kappa shape index (κ3) is 2.99. The van der Waals surface area contributed by atoms with Crippen LogP contribution >= 0.6 is 7.82 Å². The SMILES string of the molecule is COP(=O)(OC)OCC1OC(O)[C@H](O)[C@@H]1O. The highest BCUT2D eigenvalue weighted by molar-refractivity contribution is 7.48. The van der Waals surface area contributed by atoms with Gasteiger partial charge in [-0.3, -0.25) is 13.6 Å². The van der Waals surface area contributed by atoms with Gasteiger partial charge in [-0.15, -0.1) is 0 Å². The molecule has 8 nitrogen and oxygen atoms in total. The first-order chi connectivity index (χ1) is 7.43. The summed E-state index contributed by atoms with van der Waals surface area (Å²) in [5, 5.41) is 27.6. The van der Waals surface area contributed by atoms with Gasteiger partial charge in [-0.2, -0.15) is 0 Å². The number of rotatable bonds is 5. The molecule has 1 saturated heterocycles. The van der Waals surface area contributed by atoms with E-state index >= 15 is 0 Å². The van der Waals surface area contributed by atoms with Gasteiger partial charge in [0.25, 0.3) is 0 Å². The summed E-state index contributed by atoms with van der Waals surface area (Å²) in [6, 6.07) is 0. The first-order valence-corrected chi connectivity index (χ1v) is 5.95. The summed E-state index contributed by atoms with van der Waals surface area (Å²) >= 11 is 0. The molecule has 0 aromatic heterocycles. The van der Waals surface area contributed by atoms with E-state index in [1.807, 2.05) is 0 Å². The Morgan fingerprint density at radius 3 is 2.12 bits per heavy atom. The third-order valence-corrected chi connectivity index (χ3v) is 3.54. The van der Waals surface area contributed by atoms with Crippen molar-refractivity contribution in [3.63, 3.8) is 0 Å². The van der Waals surface area contributed by atoms with Gasteiger partial charge in [-0.05, 0) is 0 Å². The van der Waals surface area contributed by atoms with Crippen molar-refractivity contribution in [2.24, 2.45) is 0 Å². The molecule has 0 aromatic carbocycles. The molecule has 1 rings (SSSR count). The normalized spacial score (nSPS) is 35.6. The van der Waals surface area contributed by atoms with Gasteiger partial charge in [0.2, 0.25) is 0 Å². The van der Waals surface area contributed by atoms with Gasteiger partial charge in [-0.25, -0.2) is 4.57 Å². The van der Waals surface area contributed by atoms with Gasteiger partial charge in [0, 0.05) is 14.2 Å². The summed E-state index contributed by atoms with van der Waals surface area (Å²) in [7, 11) is -1.38. The lowest BCUT2D eigenvalue weighted by Crippen LogP contribution is -2.34. The van der Waals surface area contributed by atoms with Crippen molar-refractivity contribution in [3.05, 3.63) is 0 Å². The minimum absolute atomic E-state index is 0.339. The molecule has 0 bridgehead atoms. The van der Waals surface area contributed by atoms with E-state index in [-0.39, 0.29) is 6.61 Å². The Balaban J connectivity index is 2.48. The number of aliphatic hydroxyl groups is 3. The Morgan fingerprint density at radius 1 is 1.19 bits per heavy atom. The largest absolute Gasteiger partial charge is 0.474 e. The maximum atomic E-state index is 11.4. The maximum absolute atomic E-state index is 11.4. The molecule has 0 saturated carbocycles. The van der Waals surface area contributed by atoms with Crippen LogP contribution in [0.1, 0.15) is 0 Å². The lowest BCUT2D eigenvalue weighted by atomic mass is 10.1. The van der Waals surface area contributed by atoms with Gasteiger partial charge >= 0.3 is 7.82 Å². The Hall–Kier alpha value is -0.0500. The molecule has 0 aromatic rings.